The molecule has 0 saturated carbocycles. The average molecular weight is 383 g/mol. The van der Waals surface area contributed by atoms with Crippen LogP contribution in [0.15, 0.2) is 36.2 Å². The normalized spacial score (nSPS) is 20.1. The third-order valence-corrected chi connectivity index (χ3v) is 5.35. The maximum Gasteiger partial charge on any atom is 0.338 e. The molecule has 1 aromatic heterocycles. The van der Waals surface area contributed by atoms with Gasteiger partial charge in [-0.05, 0) is 68.7 Å². The van der Waals surface area contributed by atoms with Crippen LogP contribution in [0, 0.1) is 5.82 Å². The van der Waals surface area contributed by atoms with E-state index in [0.717, 1.165) is 31.5 Å². The van der Waals surface area contributed by atoms with Gasteiger partial charge in [0.05, 0.1) is 12.7 Å². The molecule has 1 unspecified atom stereocenters. The van der Waals surface area contributed by atoms with Gasteiger partial charge in [-0.25, -0.2) is 19.2 Å². The van der Waals surface area contributed by atoms with Crippen molar-refractivity contribution in [1.82, 2.24) is 14.9 Å². The predicted octanol–water partition coefficient (Wildman–Crippen LogP) is 3.12. The first-order valence-corrected chi connectivity index (χ1v) is 9.31. The lowest BCUT2D eigenvalue weighted by Crippen LogP contribution is -2.29. The summed E-state index contributed by atoms with van der Waals surface area (Å²) in [6.45, 7) is 2.11. The number of halogens is 1. The molecule has 1 aromatic carbocycles. The van der Waals surface area contributed by atoms with Crippen molar-refractivity contribution in [2.45, 2.75) is 24.9 Å². The number of aromatic nitrogens is 2. The Morgan fingerprint density at radius 3 is 2.64 bits per heavy atom. The summed E-state index contributed by atoms with van der Waals surface area (Å²) in [5.41, 5.74) is 1.82. The number of likely N-dealkylation sites (tertiary alicyclic amines) is 1. The van der Waals surface area contributed by atoms with Gasteiger partial charge in [0.1, 0.15) is 11.6 Å². The fourth-order valence-corrected chi connectivity index (χ4v) is 3.68. The van der Waals surface area contributed by atoms with Crippen LogP contribution in [0.3, 0.4) is 0 Å². The Hall–Kier alpha value is -2.80. The van der Waals surface area contributed by atoms with E-state index in [9.17, 15) is 9.18 Å². The Balaban J connectivity index is 1.62. The summed E-state index contributed by atoms with van der Waals surface area (Å²) in [6.07, 6.45) is 6.56. The highest BCUT2D eigenvalue weighted by molar-refractivity contribution is 5.96. The second kappa shape index (κ2) is 7.67. The molecule has 2 aromatic rings. The molecule has 0 amide bonds. The van der Waals surface area contributed by atoms with Gasteiger partial charge < -0.3 is 14.4 Å². The summed E-state index contributed by atoms with van der Waals surface area (Å²) in [7, 11) is 3.42. The molecule has 3 heterocycles. The molecule has 0 aliphatic carbocycles. The zero-order valence-corrected chi connectivity index (χ0v) is 15.9. The minimum atomic E-state index is -0.794. The molecule has 2 aliphatic rings. The average Bonchev–Trinajstić information content (AvgIpc) is 2.73. The van der Waals surface area contributed by atoms with Crippen molar-refractivity contribution in [1.29, 1.82) is 0 Å². The Bertz CT molecular complexity index is 906. The van der Waals surface area contributed by atoms with Crippen molar-refractivity contribution in [2.24, 2.45) is 0 Å². The molecule has 0 bridgehead atoms. The maximum absolute atomic E-state index is 13.5. The highest BCUT2D eigenvalue weighted by Gasteiger charge is 2.32. The predicted molar refractivity (Wildman–Crippen MR) is 101 cm³/mol. The molecule has 0 N–H and O–H groups in total. The van der Waals surface area contributed by atoms with Crippen LogP contribution in [0.25, 0.3) is 6.08 Å². The van der Waals surface area contributed by atoms with E-state index in [1.165, 1.54) is 25.3 Å². The van der Waals surface area contributed by atoms with E-state index in [0.29, 0.717) is 23.1 Å². The SMILES string of the molecule is COC(=O)C1=Cc2cc(F)ccc2OC1c1ncc(C2CCN(C)CC2)cn1. The van der Waals surface area contributed by atoms with Crippen molar-refractivity contribution in [3.8, 4) is 5.75 Å². The van der Waals surface area contributed by atoms with Gasteiger partial charge in [-0.15, -0.1) is 0 Å². The highest BCUT2D eigenvalue weighted by atomic mass is 19.1. The number of esters is 1. The van der Waals surface area contributed by atoms with Crippen LogP contribution >= 0.6 is 0 Å². The topological polar surface area (TPSA) is 64.6 Å². The second-order valence-corrected chi connectivity index (χ2v) is 7.22. The van der Waals surface area contributed by atoms with E-state index in [1.54, 1.807) is 6.08 Å². The van der Waals surface area contributed by atoms with Crippen LogP contribution in [-0.4, -0.2) is 48.1 Å². The van der Waals surface area contributed by atoms with Crippen LogP contribution in [0.5, 0.6) is 5.75 Å². The van der Waals surface area contributed by atoms with Gasteiger partial charge in [-0.3, -0.25) is 0 Å². The quantitative estimate of drug-likeness (QED) is 0.759. The number of hydrogen-bond acceptors (Lipinski definition) is 6. The van der Waals surface area contributed by atoms with Crippen molar-refractivity contribution < 1.29 is 18.7 Å². The van der Waals surface area contributed by atoms with Crippen LogP contribution in [-0.2, 0) is 9.53 Å². The smallest absolute Gasteiger partial charge is 0.338 e. The number of benzene rings is 1. The van der Waals surface area contributed by atoms with E-state index in [-0.39, 0.29) is 5.57 Å². The maximum atomic E-state index is 13.5. The molecule has 0 spiro atoms. The Morgan fingerprint density at radius 1 is 1.25 bits per heavy atom. The monoisotopic (exact) mass is 383 g/mol. The van der Waals surface area contributed by atoms with Crippen molar-refractivity contribution in [3.63, 3.8) is 0 Å². The van der Waals surface area contributed by atoms with Gasteiger partial charge >= 0.3 is 5.97 Å². The van der Waals surface area contributed by atoms with E-state index in [2.05, 4.69) is 21.9 Å². The first kappa shape index (κ1) is 18.6. The molecule has 4 rings (SSSR count). The number of ether oxygens (including phenoxy) is 2. The third-order valence-electron chi connectivity index (χ3n) is 5.35. The van der Waals surface area contributed by atoms with E-state index < -0.39 is 17.9 Å². The first-order chi connectivity index (χ1) is 13.5. The number of hydrogen-bond donors (Lipinski definition) is 0. The Morgan fingerprint density at radius 2 is 1.96 bits per heavy atom. The fraction of sp³-hybridized carbons (Fsp3) is 0.381. The van der Waals surface area contributed by atoms with Gasteiger partial charge in [-0.1, -0.05) is 0 Å². The largest absolute Gasteiger partial charge is 0.477 e. The van der Waals surface area contributed by atoms with Crippen LogP contribution in [0.1, 0.15) is 41.8 Å². The van der Waals surface area contributed by atoms with Crippen molar-refractivity contribution >= 4 is 12.0 Å². The zero-order chi connectivity index (χ0) is 19.7. The number of nitrogens with zero attached hydrogens (tertiary/aromatic N) is 3. The van der Waals surface area contributed by atoms with Crippen LogP contribution < -0.4 is 4.74 Å². The molecule has 1 fully saturated rings. The Labute approximate surface area is 163 Å². The molecule has 1 atom stereocenters. The number of carbonyl (C=O) groups is 1. The summed E-state index contributed by atoms with van der Waals surface area (Å²) in [4.78, 5) is 23.5. The fourth-order valence-electron chi connectivity index (χ4n) is 3.68. The summed E-state index contributed by atoms with van der Waals surface area (Å²) in [5, 5.41) is 0. The molecule has 1 saturated heterocycles. The molecule has 146 valence electrons. The second-order valence-electron chi connectivity index (χ2n) is 7.22. The third kappa shape index (κ3) is 3.62. The van der Waals surface area contributed by atoms with Gasteiger partial charge in [0.2, 0.25) is 0 Å². The number of methoxy groups -OCH3 is 1. The van der Waals surface area contributed by atoms with Crippen molar-refractivity contribution in [2.75, 3.05) is 27.2 Å². The summed E-state index contributed by atoms with van der Waals surface area (Å²) in [6, 6.07) is 4.17. The standard InChI is InChI=1S/C21H22FN3O3/c1-25-7-5-13(6-8-25)15-11-23-20(24-12-15)19-17(21(26)27-2)10-14-9-16(22)3-4-18(14)28-19/h3-4,9-13,19H,5-8H2,1-2H3. The lowest BCUT2D eigenvalue weighted by molar-refractivity contribution is -0.137. The van der Waals surface area contributed by atoms with Gasteiger partial charge in [-0.2, -0.15) is 0 Å². The van der Waals surface area contributed by atoms with E-state index in [4.69, 9.17) is 9.47 Å². The van der Waals surface area contributed by atoms with Gasteiger partial charge in [0.15, 0.2) is 11.9 Å². The summed E-state index contributed by atoms with van der Waals surface area (Å²) < 4.78 is 24.4. The summed E-state index contributed by atoms with van der Waals surface area (Å²) in [5.74, 6) is 0.338. The molecular weight excluding hydrogens is 361 g/mol. The first-order valence-electron chi connectivity index (χ1n) is 9.31. The molecular formula is C21H22FN3O3. The van der Waals surface area contributed by atoms with Crippen molar-refractivity contribution in [3.05, 3.63) is 58.9 Å². The lowest BCUT2D eigenvalue weighted by atomic mass is 9.91. The molecule has 0 radical (unpaired) electrons. The lowest BCUT2D eigenvalue weighted by Gasteiger charge is -2.29. The number of carbonyl (C=O) groups excluding carboxylic acids is 1. The molecule has 2 aliphatic heterocycles. The minimum Gasteiger partial charge on any atom is -0.477 e. The minimum absolute atomic E-state index is 0.243. The van der Waals surface area contributed by atoms with E-state index >= 15 is 0 Å². The number of piperidine rings is 1. The molecule has 6 nitrogen and oxygen atoms in total. The zero-order valence-electron chi connectivity index (χ0n) is 15.9. The van der Waals surface area contributed by atoms with Crippen LogP contribution in [0.2, 0.25) is 0 Å². The molecule has 28 heavy (non-hydrogen) atoms. The summed E-state index contributed by atoms with van der Waals surface area (Å²) >= 11 is 0. The highest BCUT2D eigenvalue weighted by Crippen LogP contribution is 2.37. The molecule has 7 heteroatoms. The number of fused-ring (bicyclic) bond motifs is 1. The number of rotatable bonds is 3. The van der Waals surface area contributed by atoms with E-state index in [1.807, 2.05) is 12.4 Å². The van der Waals surface area contributed by atoms with Crippen LogP contribution in [0.4, 0.5) is 4.39 Å². The van der Waals surface area contributed by atoms with Gasteiger partial charge in [0.25, 0.3) is 0 Å². The van der Waals surface area contributed by atoms with Gasteiger partial charge in [0, 0.05) is 18.0 Å². The Kier molecular flexibility index (Phi) is 5.09.